The lowest BCUT2D eigenvalue weighted by Crippen LogP contribution is -1.90. The lowest BCUT2D eigenvalue weighted by atomic mass is 10.2. The second-order valence-electron chi connectivity index (χ2n) is 4.78. The molecule has 0 fully saturated rings. The van der Waals surface area contributed by atoms with Crippen LogP contribution in [0.15, 0.2) is 52.9 Å². The lowest BCUT2D eigenvalue weighted by Gasteiger charge is -2.08. The second-order valence-corrected chi connectivity index (χ2v) is 5.65. The van der Waals surface area contributed by atoms with Gasteiger partial charge < -0.3 is 9.15 Å². The molecule has 0 radical (unpaired) electrons. The van der Waals surface area contributed by atoms with E-state index in [4.69, 9.17) is 9.15 Å². The number of aromatic nitrogens is 2. The Morgan fingerprint density at radius 1 is 1.17 bits per heavy atom. The minimum Gasteiger partial charge on any atom is -0.457 e. The summed E-state index contributed by atoms with van der Waals surface area (Å²) in [5.41, 5.74) is 0.671. The molecule has 0 spiro atoms. The molecule has 0 aliphatic carbocycles. The summed E-state index contributed by atoms with van der Waals surface area (Å²) in [4.78, 5) is 10.2. The third kappa shape index (κ3) is 3.54. The molecule has 0 amide bonds. The summed E-state index contributed by atoms with van der Waals surface area (Å²) in [6, 6.07) is 13.1. The monoisotopic (exact) mass is 343 g/mol. The zero-order chi connectivity index (χ0) is 16.9. The average molecular weight is 343 g/mol. The van der Waals surface area contributed by atoms with E-state index in [0.29, 0.717) is 34.6 Å². The number of hydrogen-bond acceptors (Lipinski definition) is 7. The number of nitro groups is 1. The highest BCUT2D eigenvalue weighted by molar-refractivity contribution is 7.97. The molecule has 0 saturated heterocycles. The summed E-state index contributed by atoms with van der Waals surface area (Å²) in [6.45, 7) is 0. The second kappa shape index (κ2) is 7.14. The van der Waals surface area contributed by atoms with Crippen molar-refractivity contribution >= 4 is 17.4 Å². The van der Waals surface area contributed by atoms with Gasteiger partial charge in [-0.1, -0.05) is 12.1 Å². The van der Waals surface area contributed by atoms with Crippen molar-refractivity contribution in [2.45, 2.75) is 5.75 Å². The number of para-hydroxylation sites is 1. The number of rotatable bonds is 6. The Hall–Kier alpha value is -2.87. The van der Waals surface area contributed by atoms with E-state index in [2.05, 4.69) is 10.2 Å². The van der Waals surface area contributed by atoms with Gasteiger partial charge in [0.25, 0.3) is 11.6 Å². The number of benzene rings is 2. The van der Waals surface area contributed by atoms with Crippen molar-refractivity contribution in [3.63, 3.8) is 0 Å². The molecule has 2 aromatic carbocycles. The summed E-state index contributed by atoms with van der Waals surface area (Å²) < 4.78 is 11.4. The first-order valence-corrected chi connectivity index (χ1v) is 8.40. The molecule has 122 valence electrons. The lowest BCUT2D eigenvalue weighted by molar-refractivity contribution is -0.384. The standard InChI is InChI=1S/C16H13N3O4S/c1-24-10-15-17-18-16(23-15)13-4-2-3-5-14(13)22-12-8-6-11(7-9-12)19(20)21/h2-9H,10H2,1H3. The van der Waals surface area contributed by atoms with Crippen LogP contribution in [0.25, 0.3) is 11.5 Å². The van der Waals surface area contributed by atoms with E-state index in [-0.39, 0.29) is 5.69 Å². The maximum atomic E-state index is 10.7. The van der Waals surface area contributed by atoms with E-state index in [1.165, 1.54) is 12.1 Å². The Morgan fingerprint density at radius 3 is 2.62 bits per heavy atom. The molecule has 24 heavy (non-hydrogen) atoms. The molecule has 0 saturated carbocycles. The number of hydrogen-bond donors (Lipinski definition) is 0. The Bertz CT molecular complexity index is 849. The molecule has 1 aromatic heterocycles. The normalized spacial score (nSPS) is 10.5. The first kappa shape index (κ1) is 16.0. The summed E-state index contributed by atoms with van der Waals surface area (Å²) in [6.07, 6.45) is 1.95. The molecule has 0 aliphatic heterocycles. The molecule has 0 atom stereocenters. The maximum absolute atomic E-state index is 10.7. The van der Waals surface area contributed by atoms with Crippen molar-refractivity contribution in [3.8, 4) is 23.0 Å². The molecule has 0 bridgehead atoms. The molecule has 3 aromatic rings. The van der Waals surface area contributed by atoms with Crippen LogP contribution < -0.4 is 4.74 Å². The zero-order valence-corrected chi connectivity index (χ0v) is 13.5. The van der Waals surface area contributed by atoms with Crippen LogP contribution in [-0.4, -0.2) is 21.4 Å². The molecule has 7 nitrogen and oxygen atoms in total. The van der Waals surface area contributed by atoms with Crippen LogP contribution in [0.2, 0.25) is 0 Å². The van der Waals surface area contributed by atoms with Crippen LogP contribution in [0.3, 0.4) is 0 Å². The zero-order valence-electron chi connectivity index (χ0n) is 12.7. The first-order chi connectivity index (χ1) is 11.7. The topological polar surface area (TPSA) is 91.3 Å². The van der Waals surface area contributed by atoms with Crippen LogP contribution in [0.4, 0.5) is 5.69 Å². The van der Waals surface area contributed by atoms with Gasteiger partial charge in [0.15, 0.2) is 0 Å². The largest absolute Gasteiger partial charge is 0.457 e. The van der Waals surface area contributed by atoms with Gasteiger partial charge in [-0.15, -0.1) is 10.2 Å². The third-order valence-corrected chi connectivity index (χ3v) is 3.66. The molecule has 1 heterocycles. The van der Waals surface area contributed by atoms with Gasteiger partial charge in [0.2, 0.25) is 5.89 Å². The highest BCUT2D eigenvalue weighted by atomic mass is 32.2. The number of nitro benzene ring substituents is 1. The fraction of sp³-hybridized carbons (Fsp3) is 0.125. The summed E-state index contributed by atoms with van der Waals surface area (Å²) >= 11 is 1.59. The smallest absolute Gasteiger partial charge is 0.269 e. The molecular formula is C16H13N3O4S. The van der Waals surface area contributed by atoms with Crippen LogP contribution in [0.5, 0.6) is 11.5 Å². The predicted octanol–water partition coefficient (Wildman–Crippen LogP) is 4.30. The summed E-state index contributed by atoms with van der Waals surface area (Å²) in [7, 11) is 0. The van der Waals surface area contributed by atoms with Crippen LogP contribution >= 0.6 is 11.8 Å². The highest BCUT2D eigenvalue weighted by Gasteiger charge is 2.14. The summed E-state index contributed by atoms with van der Waals surface area (Å²) in [5.74, 6) is 2.57. The van der Waals surface area contributed by atoms with Crippen molar-refractivity contribution in [2.24, 2.45) is 0 Å². The Kier molecular flexibility index (Phi) is 4.76. The van der Waals surface area contributed by atoms with E-state index in [1.807, 2.05) is 24.5 Å². The quantitative estimate of drug-likeness (QED) is 0.486. The first-order valence-electron chi connectivity index (χ1n) is 7.00. The van der Waals surface area contributed by atoms with Gasteiger partial charge in [0.1, 0.15) is 11.5 Å². The molecule has 8 heteroatoms. The van der Waals surface area contributed by atoms with Gasteiger partial charge in [0.05, 0.1) is 16.2 Å². The SMILES string of the molecule is CSCc1nnc(-c2ccccc2Oc2ccc([N+](=O)[O-])cc2)o1. The predicted molar refractivity (Wildman–Crippen MR) is 90.1 cm³/mol. The Morgan fingerprint density at radius 2 is 1.92 bits per heavy atom. The minimum atomic E-state index is -0.455. The molecular weight excluding hydrogens is 330 g/mol. The highest BCUT2D eigenvalue weighted by Crippen LogP contribution is 2.33. The fourth-order valence-electron chi connectivity index (χ4n) is 2.04. The van der Waals surface area contributed by atoms with Gasteiger partial charge >= 0.3 is 0 Å². The average Bonchev–Trinajstić information content (AvgIpc) is 3.05. The molecule has 0 unspecified atom stereocenters. The van der Waals surface area contributed by atoms with E-state index in [1.54, 1.807) is 30.0 Å². The Balaban J connectivity index is 1.87. The van der Waals surface area contributed by atoms with E-state index in [0.717, 1.165) is 0 Å². The van der Waals surface area contributed by atoms with Crippen LogP contribution in [-0.2, 0) is 5.75 Å². The number of non-ortho nitro benzene ring substituents is 1. The Labute approximate surface area is 141 Å². The number of thioether (sulfide) groups is 1. The van der Waals surface area contributed by atoms with Gasteiger partial charge in [-0.25, -0.2) is 0 Å². The number of nitrogens with zero attached hydrogens (tertiary/aromatic N) is 3. The van der Waals surface area contributed by atoms with Crippen molar-refractivity contribution in [1.82, 2.24) is 10.2 Å². The van der Waals surface area contributed by atoms with E-state index < -0.39 is 4.92 Å². The van der Waals surface area contributed by atoms with Crippen molar-refractivity contribution < 1.29 is 14.1 Å². The van der Waals surface area contributed by atoms with Gasteiger partial charge in [-0.2, -0.15) is 11.8 Å². The molecule has 0 aliphatic rings. The van der Waals surface area contributed by atoms with E-state index in [9.17, 15) is 10.1 Å². The molecule has 0 N–H and O–H groups in total. The molecule has 3 rings (SSSR count). The van der Waals surface area contributed by atoms with Crippen molar-refractivity contribution in [3.05, 3.63) is 64.5 Å². The minimum absolute atomic E-state index is 0.00856. The maximum Gasteiger partial charge on any atom is 0.269 e. The summed E-state index contributed by atoms with van der Waals surface area (Å²) in [5, 5.41) is 18.7. The van der Waals surface area contributed by atoms with Gasteiger partial charge in [-0.3, -0.25) is 10.1 Å². The van der Waals surface area contributed by atoms with Crippen molar-refractivity contribution in [1.29, 1.82) is 0 Å². The third-order valence-electron chi connectivity index (χ3n) is 3.13. The van der Waals surface area contributed by atoms with Crippen LogP contribution in [0, 0.1) is 10.1 Å². The number of ether oxygens (including phenoxy) is 1. The van der Waals surface area contributed by atoms with Crippen molar-refractivity contribution in [2.75, 3.05) is 6.26 Å². The van der Waals surface area contributed by atoms with Crippen LogP contribution in [0.1, 0.15) is 5.89 Å². The van der Waals surface area contributed by atoms with E-state index >= 15 is 0 Å². The van der Waals surface area contributed by atoms with Gasteiger partial charge in [-0.05, 0) is 30.5 Å². The fourth-order valence-corrected chi connectivity index (χ4v) is 2.40. The van der Waals surface area contributed by atoms with Gasteiger partial charge in [0, 0.05) is 12.1 Å².